The first-order valence-corrected chi connectivity index (χ1v) is 12.9. The van der Waals surface area contributed by atoms with Gasteiger partial charge in [-0.15, -0.1) is 0 Å². The fourth-order valence-corrected chi connectivity index (χ4v) is 4.46. The van der Waals surface area contributed by atoms with Gasteiger partial charge in [0.25, 0.3) is 0 Å². The lowest BCUT2D eigenvalue weighted by Crippen LogP contribution is -2.54. The summed E-state index contributed by atoms with van der Waals surface area (Å²) in [5, 5.41) is -0.154. The van der Waals surface area contributed by atoms with E-state index in [1.54, 1.807) is 54.3 Å². The van der Waals surface area contributed by atoms with Gasteiger partial charge in [-0.3, -0.25) is 14.5 Å². The maximum Gasteiger partial charge on any atom is 0.410 e. The van der Waals surface area contributed by atoms with Crippen molar-refractivity contribution in [2.75, 3.05) is 27.5 Å². The highest BCUT2D eigenvalue weighted by Gasteiger charge is 2.36. The molecule has 2 amide bonds. The van der Waals surface area contributed by atoms with Gasteiger partial charge in [-0.1, -0.05) is 30.0 Å². The van der Waals surface area contributed by atoms with Gasteiger partial charge in [-0.05, 0) is 62.4 Å². The topological polar surface area (TPSA) is 85.4 Å². The standard InChI is InChI=1S/C27H34N2O6S/c1-27(2,3)35-26(32)29(5)20-14-17-8-11-19(12-9-17)34-23-16-18(10-13-22(23)33-6)15-21(25(31)36-7)28(4)24(20)30/h8-13,16,20-21H,14-15H2,1-7H3/t20-,21-/m0/s1. The van der Waals surface area contributed by atoms with Gasteiger partial charge < -0.3 is 19.1 Å². The smallest absolute Gasteiger partial charge is 0.410 e. The number of methoxy groups -OCH3 is 1. The van der Waals surface area contributed by atoms with Gasteiger partial charge in [0.1, 0.15) is 23.4 Å². The summed E-state index contributed by atoms with van der Waals surface area (Å²) in [5.41, 5.74) is 0.920. The van der Waals surface area contributed by atoms with Crippen molar-refractivity contribution in [1.82, 2.24) is 9.80 Å². The number of hydrogen-bond donors (Lipinski definition) is 0. The molecule has 0 N–H and O–H groups in total. The van der Waals surface area contributed by atoms with Crippen LogP contribution in [0.1, 0.15) is 31.9 Å². The fraction of sp³-hybridized carbons (Fsp3) is 0.444. The zero-order chi connectivity index (χ0) is 26.6. The van der Waals surface area contributed by atoms with Crippen molar-refractivity contribution >= 4 is 28.9 Å². The average molecular weight is 515 g/mol. The van der Waals surface area contributed by atoms with Gasteiger partial charge in [-0.25, -0.2) is 4.79 Å². The van der Waals surface area contributed by atoms with E-state index in [4.69, 9.17) is 14.2 Å². The van der Waals surface area contributed by atoms with Crippen LogP contribution < -0.4 is 9.47 Å². The summed E-state index contributed by atoms with van der Waals surface area (Å²) in [6, 6.07) is 11.2. The Morgan fingerprint density at radius 2 is 1.72 bits per heavy atom. The molecule has 2 aliphatic heterocycles. The summed E-state index contributed by atoms with van der Waals surface area (Å²) in [6.07, 6.45) is 1.61. The number of benzene rings is 2. The van der Waals surface area contributed by atoms with Crippen LogP contribution in [0, 0.1) is 0 Å². The number of thioether (sulfide) groups is 1. The molecular weight excluding hydrogens is 480 g/mol. The SMILES string of the molecule is COc1ccc2cc1Oc1ccc(cc1)C[C@H](N(C)C(=O)OC(C)(C)C)C(=O)N(C)[C@H](C(=O)SC)C2. The highest BCUT2D eigenvalue weighted by atomic mass is 32.2. The third kappa shape index (κ3) is 6.51. The minimum absolute atomic E-state index is 0.154. The summed E-state index contributed by atoms with van der Waals surface area (Å²) in [5.74, 6) is 1.34. The normalized spacial score (nSPS) is 18.2. The number of carbonyl (C=O) groups excluding carboxylic acids is 3. The molecule has 0 radical (unpaired) electrons. The second-order valence-electron chi connectivity index (χ2n) is 9.73. The van der Waals surface area contributed by atoms with E-state index in [0.717, 1.165) is 22.9 Å². The molecule has 0 fully saturated rings. The van der Waals surface area contributed by atoms with Crippen molar-refractivity contribution in [2.45, 2.75) is 51.3 Å². The number of fused-ring (bicyclic) bond motifs is 7. The van der Waals surface area contributed by atoms with Crippen LogP contribution in [0.4, 0.5) is 4.79 Å². The molecule has 2 aliphatic rings. The zero-order valence-corrected chi connectivity index (χ0v) is 22.7. The Bertz CT molecular complexity index is 1110. The van der Waals surface area contributed by atoms with Gasteiger partial charge in [0.05, 0.1) is 7.11 Å². The predicted octanol–water partition coefficient (Wildman–Crippen LogP) is 4.54. The second kappa shape index (κ2) is 11.2. The Morgan fingerprint density at radius 3 is 2.31 bits per heavy atom. The Labute approximate surface area is 216 Å². The number of likely N-dealkylation sites (N-methyl/N-ethyl adjacent to an activating group) is 2. The van der Waals surface area contributed by atoms with Crippen molar-refractivity contribution in [3.05, 3.63) is 53.6 Å². The maximum atomic E-state index is 13.9. The molecule has 0 unspecified atom stereocenters. The van der Waals surface area contributed by atoms with Crippen LogP contribution in [0.25, 0.3) is 0 Å². The van der Waals surface area contributed by atoms with Crippen LogP contribution in [0.15, 0.2) is 42.5 Å². The molecular formula is C27H34N2O6S. The van der Waals surface area contributed by atoms with Crippen LogP contribution in [0.3, 0.4) is 0 Å². The number of rotatable bonds is 3. The third-order valence-corrected chi connectivity index (χ3v) is 6.63. The number of ether oxygens (including phenoxy) is 3. The minimum atomic E-state index is -0.872. The van der Waals surface area contributed by atoms with Crippen molar-refractivity contribution < 1.29 is 28.6 Å². The van der Waals surface area contributed by atoms with Crippen molar-refractivity contribution in [3.63, 3.8) is 0 Å². The van der Waals surface area contributed by atoms with Gasteiger partial charge >= 0.3 is 6.09 Å². The van der Waals surface area contributed by atoms with E-state index in [2.05, 4.69) is 0 Å². The lowest BCUT2D eigenvalue weighted by Gasteiger charge is -2.35. The zero-order valence-electron chi connectivity index (χ0n) is 21.9. The molecule has 0 saturated heterocycles. The molecule has 2 aromatic carbocycles. The first-order valence-electron chi connectivity index (χ1n) is 11.7. The molecule has 2 aromatic rings. The molecule has 2 heterocycles. The largest absolute Gasteiger partial charge is 0.493 e. The van der Waals surface area contributed by atoms with E-state index in [9.17, 15) is 14.4 Å². The average Bonchev–Trinajstić information content (AvgIpc) is 2.83. The second-order valence-corrected chi connectivity index (χ2v) is 10.5. The van der Waals surface area contributed by atoms with E-state index in [1.807, 2.05) is 36.4 Å². The molecule has 4 rings (SSSR count). The van der Waals surface area contributed by atoms with Crippen LogP contribution in [-0.2, 0) is 27.2 Å². The summed E-state index contributed by atoms with van der Waals surface area (Å²) < 4.78 is 17.1. The van der Waals surface area contributed by atoms with Crippen LogP contribution >= 0.6 is 11.8 Å². The van der Waals surface area contributed by atoms with E-state index in [-0.39, 0.29) is 23.9 Å². The van der Waals surface area contributed by atoms with E-state index < -0.39 is 23.8 Å². The maximum absolute atomic E-state index is 13.9. The lowest BCUT2D eigenvalue weighted by atomic mass is 10.0. The number of carbonyl (C=O) groups is 3. The monoisotopic (exact) mass is 514 g/mol. The molecule has 9 heteroatoms. The summed E-state index contributed by atoms with van der Waals surface area (Å²) in [6.45, 7) is 5.32. The van der Waals surface area contributed by atoms with Gasteiger partial charge in [0.2, 0.25) is 11.0 Å². The highest BCUT2D eigenvalue weighted by Crippen LogP contribution is 2.34. The summed E-state index contributed by atoms with van der Waals surface area (Å²) in [4.78, 5) is 42.5. The summed E-state index contributed by atoms with van der Waals surface area (Å²) >= 11 is 1.07. The first-order chi connectivity index (χ1) is 16.9. The molecule has 194 valence electrons. The molecule has 8 nitrogen and oxygen atoms in total. The van der Waals surface area contributed by atoms with Crippen LogP contribution in [0.5, 0.6) is 17.2 Å². The molecule has 0 aliphatic carbocycles. The quantitative estimate of drug-likeness (QED) is 0.595. The van der Waals surface area contributed by atoms with Crippen LogP contribution in [0.2, 0.25) is 0 Å². The minimum Gasteiger partial charge on any atom is -0.493 e. The van der Waals surface area contributed by atoms with Crippen molar-refractivity contribution in [3.8, 4) is 17.2 Å². The molecule has 0 aromatic heterocycles. The fourth-order valence-electron chi connectivity index (χ4n) is 3.95. The number of hydrogen-bond acceptors (Lipinski definition) is 7. The van der Waals surface area contributed by atoms with Crippen LogP contribution in [-0.4, -0.2) is 72.1 Å². The molecule has 4 bridgehead atoms. The van der Waals surface area contributed by atoms with Crippen molar-refractivity contribution in [2.24, 2.45) is 0 Å². The Hall–Kier alpha value is -3.20. The highest BCUT2D eigenvalue weighted by molar-refractivity contribution is 8.13. The Kier molecular flexibility index (Phi) is 8.55. The third-order valence-electron chi connectivity index (χ3n) is 5.96. The lowest BCUT2D eigenvalue weighted by molar-refractivity contribution is -0.140. The van der Waals surface area contributed by atoms with Gasteiger partial charge in [0, 0.05) is 26.9 Å². The number of nitrogens with zero attached hydrogens (tertiary/aromatic N) is 2. The van der Waals surface area contributed by atoms with E-state index >= 15 is 0 Å². The van der Waals surface area contributed by atoms with Gasteiger partial charge in [0.15, 0.2) is 11.5 Å². The Morgan fingerprint density at radius 1 is 1.08 bits per heavy atom. The van der Waals surface area contributed by atoms with Crippen molar-refractivity contribution in [1.29, 1.82) is 0 Å². The molecule has 0 spiro atoms. The van der Waals surface area contributed by atoms with E-state index in [1.165, 1.54) is 9.80 Å². The molecule has 0 saturated carbocycles. The number of amides is 2. The van der Waals surface area contributed by atoms with Gasteiger partial charge in [-0.2, -0.15) is 0 Å². The van der Waals surface area contributed by atoms with E-state index in [0.29, 0.717) is 17.2 Å². The molecule has 2 atom stereocenters. The summed E-state index contributed by atoms with van der Waals surface area (Å²) in [7, 11) is 4.72. The first kappa shape index (κ1) is 27.4. The molecule has 36 heavy (non-hydrogen) atoms. The Balaban J connectivity index is 2.09. The predicted molar refractivity (Wildman–Crippen MR) is 140 cm³/mol.